The van der Waals surface area contributed by atoms with Gasteiger partial charge in [-0.05, 0) is 34.7 Å². The van der Waals surface area contributed by atoms with Crippen LogP contribution in [0.5, 0.6) is 0 Å². The third kappa shape index (κ3) is 3.44. The Morgan fingerprint density at radius 2 is 1.62 bits per heavy atom. The van der Waals surface area contributed by atoms with Crippen molar-refractivity contribution < 1.29 is 4.79 Å². The van der Waals surface area contributed by atoms with Crippen LogP contribution in [0.3, 0.4) is 0 Å². The van der Waals surface area contributed by atoms with Crippen LogP contribution in [0.2, 0.25) is 0 Å². The molecule has 0 fully saturated rings. The van der Waals surface area contributed by atoms with Gasteiger partial charge in [0.25, 0.3) is 0 Å². The number of amides is 1. The Hall–Kier alpha value is -3.33. The highest BCUT2D eigenvalue weighted by atomic mass is 16.2. The molecule has 0 saturated heterocycles. The van der Waals surface area contributed by atoms with E-state index in [2.05, 4.69) is 77.9 Å². The Labute approximate surface area is 171 Å². The van der Waals surface area contributed by atoms with Gasteiger partial charge < -0.3 is 9.88 Å². The first-order chi connectivity index (χ1) is 14.3. The SMILES string of the molecule is O=C(CC(c1ccccc1)c1c[nH]c2ccccc12)N1CCc2ccccc2C1. The van der Waals surface area contributed by atoms with E-state index in [-0.39, 0.29) is 11.8 Å². The van der Waals surface area contributed by atoms with Gasteiger partial charge in [0.05, 0.1) is 0 Å². The Bertz CT molecular complexity index is 1150. The van der Waals surface area contributed by atoms with Crippen molar-refractivity contribution in [3.05, 3.63) is 107 Å². The fourth-order valence-electron chi connectivity index (χ4n) is 4.49. The maximum atomic E-state index is 13.3. The number of carbonyl (C=O) groups is 1. The maximum absolute atomic E-state index is 13.3. The standard InChI is InChI=1S/C26H24N2O/c29-26(28-15-14-19-8-4-5-11-21(19)18-28)16-23(20-9-2-1-3-10-20)24-17-27-25-13-7-6-12-22(24)25/h1-13,17,23,27H,14-16,18H2. The molecule has 144 valence electrons. The molecule has 3 heteroatoms. The highest BCUT2D eigenvalue weighted by molar-refractivity contribution is 5.86. The zero-order valence-electron chi connectivity index (χ0n) is 16.3. The second kappa shape index (κ2) is 7.59. The maximum Gasteiger partial charge on any atom is 0.223 e. The molecule has 0 aliphatic carbocycles. The smallest absolute Gasteiger partial charge is 0.223 e. The van der Waals surface area contributed by atoms with Crippen molar-refractivity contribution in [2.75, 3.05) is 6.54 Å². The van der Waals surface area contributed by atoms with Crippen LogP contribution in [0, 0.1) is 0 Å². The molecule has 1 aliphatic heterocycles. The molecule has 1 aromatic heterocycles. The number of benzene rings is 3. The molecule has 0 bridgehead atoms. The molecule has 0 saturated carbocycles. The van der Waals surface area contributed by atoms with Crippen molar-refractivity contribution in [3.8, 4) is 0 Å². The van der Waals surface area contributed by atoms with Crippen LogP contribution in [-0.4, -0.2) is 22.3 Å². The fraction of sp³-hybridized carbons (Fsp3) is 0.192. The van der Waals surface area contributed by atoms with Crippen LogP contribution < -0.4 is 0 Å². The third-order valence-electron chi connectivity index (χ3n) is 6.06. The highest BCUT2D eigenvalue weighted by Gasteiger charge is 2.26. The van der Waals surface area contributed by atoms with Gasteiger partial charge in [-0.2, -0.15) is 0 Å². The number of rotatable bonds is 4. The quantitative estimate of drug-likeness (QED) is 0.514. The molecule has 3 aromatic carbocycles. The first-order valence-corrected chi connectivity index (χ1v) is 10.2. The van der Waals surface area contributed by atoms with Crippen molar-refractivity contribution in [3.63, 3.8) is 0 Å². The number of aromatic amines is 1. The molecule has 1 atom stereocenters. The normalized spacial score (nSPS) is 14.6. The Balaban J connectivity index is 1.46. The second-order valence-electron chi connectivity index (χ2n) is 7.79. The summed E-state index contributed by atoms with van der Waals surface area (Å²) < 4.78 is 0. The first kappa shape index (κ1) is 17.7. The number of hydrogen-bond donors (Lipinski definition) is 1. The largest absolute Gasteiger partial charge is 0.361 e. The molecule has 1 aliphatic rings. The highest BCUT2D eigenvalue weighted by Crippen LogP contribution is 2.34. The zero-order valence-corrected chi connectivity index (χ0v) is 16.3. The lowest BCUT2D eigenvalue weighted by molar-refractivity contribution is -0.132. The van der Waals surface area contributed by atoms with Gasteiger partial charge >= 0.3 is 0 Å². The van der Waals surface area contributed by atoms with Crippen LogP contribution in [0.1, 0.15) is 34.6 Å². The van der Waals surface area contributed by atoms with Gasteiger partial charge in [0.15, 0.2) is 0 Å². The van der Waals surface area contributed by atoms with Gasteiger partial charge in [-0.3, -0.25) is 4.79 Å². The van der Waals surface area contributed by atoms with Crippen molar-refractivity contribution in [2.24, 2.45) is 0 Å². The monoisotopic (exact) mass is 380 g/mol. The summed E-state index contributed by atoms with van der Waals surface area (Å²) in [5.74, 6) is 0.260. The second-order valence-corrected chi connectivity index (χ2v) is 7.79. The lowest BCUT2D eigenvalue weighted by Gasteiger charge is -2.30. The number of nitrogens with zero attached hydrogens (tertiary/aromatic N) is 1. The van der Waals surface area contributed by atoms with E-state index in [9.17, 15) is 4.79 Å². The minimum absolute atomic E-state index is 0.0389. The van der Waals surface area contributed by atoms with Crippen LogP contribution >= 0.6 is 0 Å². The number of carbonyl (C=O) groups excluding carboxylic acids is 1. The summed E-state index contributed by atoms with van der Waals surface area (Å²) in [6.07, 6.45) is 3.49. The van der Waals surface area contributed by atoms with Gasteiger partial charge in [-0.15, -0.1) is 0 Å². The predicted octanol–water partition coefficient (Wildman–Crippen LogP) is 5.27. The summed E-state index contributed by atoms with van der Waals surface area (Å²) in [5.41, 5.74) is 6.13. The lowest BCUT2D eigenvalue weighted by Crippen LogP contribution is -2.36. The Morgan fingerprint density at radius 1 is 0.897 bits per heavy atom. The Kier molecular flexibility index (Phi) is 4.65. The summed E-state index contributed by atoms with van der Waals surface area (Å²) in [6.45, 7) is 1.51. The molecular weight excluding hydrogens is 356 g/mol. The molecule has 2 heterocycles. The van der Waals surface area contributed by atoms with Gasteiger partial charge in [0.2, 0.25) is 5.91 Å². The van der Waals surface area contributed by atoms with Gasteiger partial charge in [-0.25, -0.2) is 0 Å². The van der Waals surface area contributed by atoms with E-state index in [1.54, 1.807) is 0 Å². The molecule has 4 aromatic rings. The minimum atomic E-state index is 0.0389. The molecule has 29 heavy (non-hydrogen) atoms. The molecular formula is C26H24N2O. The van der Waals surface area contributed by atoms with Crippen molar-refractivity contribution in [1.82, 2.24) is 9.88 Å². The lowest BCUT2D eigenvalue weighted by atomic mass is 9.87. The average Bonchev–Trinajstić information content (AvgIpc) is 3.21. The van der Waals surface area contributed by atoms with Crippen LogP contribution in [-0.2, 0) is 17.8 Å². The predicted molar refractivity (Wildman–Crippen MR) is 117 cm³/mol. The van der Waals surface area contributed by atoms with E-state index in [1.807, 2.05) is 17.0 Å². The zero-order chi connectivity index (χ0) is 19.6. The minimum Gasteiger partial charge on any atom is -0.361 e. The molecule has 1 unspecified atom stereocenters. The molecule has 3 nitrogen and oxygen atoms in total. The van der Waals surface area contributed by atoms with Crippen LogP contribution in [0.15, 0.2) is 85.1 Å². The van der Waals surface area contributed by atoms with E-state index in [0.717, 1.165) is 18.5 Å². The molecule has 1 N–H and O–H groups in total. The van der Waals surface area contributed by atoms with E-state index in [0.29, 0.717) is 13.0 Å². The fourth-order valence-corrected chi connectivity index (χ4v) is 4.49. The molecule has 1 amide bonds. The van der Waals surface area contributed by atoms with Crippen molar-refractivity contribution in [1.29, 1.82) is 0 Å². The summed E-state index contributed by atoms with van der Waals surface area (Å²) in [5, 5.41) is 1.19. The molecule has 5 rings (SSSR count). The van der Waals surface area contributed by atoms with Gasteiger partial charge in [-0.1, -0.05) is 72.8 Å². The van der Waals surface area contributed by atoms with Crippen molar-refractivity contribution in [2.45, 2.75) is 25.3 Å². The van der Waals surface area contributed by atoms with E-state index >= 15 is 0 Å². The summed E-state index contributed by atoms with van der Waals surface area (Å²) >= 11 is 0. The third-order valence-corrected chi connectivity index (χ3v) is 6.06. The number of fused-ring (bicyclic) bond motifs is 2. The summed E-state index contributed by atoms with van der Waals surface area (Å²) in [4.78, 5) is 18.7. The van der Waals surface area contributed by atoms with Crippen molar-refractivity contribution >= 4 is 16.8 Å². The van der Waals surface area contributed by atoms with E-state index in [4.69, 9.17) is 0 Å². The first-order valence-electron chi connectivity index (χ1n) is 10.2. The number of H-pyrrole nitrogens is 1. The molecule has 0 spiro atoms. The number of aromatic nitrogens is 1. The summed E-state index contributed by atoms with van der Waals surface area (Å²) in [7, 11) is 0. The van der Waals surface area contributed by atoms with Crippen LogP contribution in [0.25, 0.3) is 10.9 Å². The van der Waals surface area contributed by atoms with Crippen LogP contribution in [0.4, 0.5) is 0 Å². The number of hydrogen-bond acceptors (Lipinski definition) is 1. The Morgan fingerprint density at radius 3 is 2.48 bits per heavy atom. The van der Waals surface area contributed by atoms with E-state index in [1.165, 1.54) is 27.6 Å². The van der Waals surface area contributed by atoms with Gasteiger partial charge in [0, 0.05) is 42.5 Å². The average molecular weight is 380 g/mol. The summed E-state index contributed by atoms with van der Waals surface area (Å²) in [6, 6.07) is 27.2. The number of para-hydroxylation sites is 1. The number of nitrogens with one attached hydrogen (secondary N) is 1. The van der Waals surface area contributed by atoms with E-state index < -0.39 is 0 Å². The van der Waals surface area contributed by atoms with Gasteiger partial charge in [0.1, 0.15) is 0 Å². The molecule has 0 radical (unpaired) electrons. The topological polar surface area (TPSA) is 36.1 Å².